The lowest BCUT2D eigenvalue weighted by atomic mass is 10.1. The number of pyridine rings is 1. The topological polar surface area (TPSA) is 69.2 Å². The molecule has 0 atom stereocenters. The van der Waals surface area contributed by atoms with Crippen LogP contribution in [-0.2, 0) is 6.54 Å². The summed E-state index contributed by atoms with van der Waals surface area (Å²) in [4.78, 5) is 22.7. The largest absolute Gasteiger partial charge is 0.493 e. The molecule has 0 saturated heterocycles. The Hall–Kier alpha value is -3.60. The Balaban J connectivity index is 1.83. The molecule has 146 valence electrons. The maximum absolute atomic E-state index is 13.7. The maximum atomic E-state index is 13.7. The third-order valence-corrected chi connectivity index (χ3v) is 5.24. The SMILES string of the molecule is Cc1cc(C)c(CN(C(=O)c2c[nH]c3ccccc23)c2ccccc2C)c(O)n1. The molecule has 5 heteroatoms. The van der Waals surface area contributed by atoms with Gasteiger partial charge in [0.2, 0.25) is 5.88 Å². The predicted molar refractivity (Wildman–Crippen MR) is 115 cm³/mol. The van der Waals surface area contributed by atoms with Crippen molar-refractivity contribution in [3.8, 4) is 5.88 Å². The number of aromatic amines is 1. The molecular formula is C24H23N3O2. The van der Waals surface area contributed by atoms with Crippen molar-refractivity contribution in [2.24, 2.45) is 0 Å². The van der Waals surface area contributed by atoms with Gasteiger partial charge in [0.05, 0.1) is 12.1 Å². The molecule has 1 amide bonds. The minimum absolute atomic E-state index is 0.0344. The van der Waals surface area contributed by atoms with Crippen LogP contribution in [0.4, 0.5) is 5.69 Å². The number of aromatic hydroxyl groups is 1. The highest BCUT2D eigenvalue weighted by Crippen LogP contribution is 2.29. The van der Waals surface area contributed by atoms with Crippen LogP contribution in [-0.4, -0.2) is 21.0 Å². The number of para-hydroxylation sites is 2. The summed E-state index contributed by atoms with van der Waals surface area (Å²) in [5.41, 5.74) is 5.60. The number of aromatic nitrogens is 2. The summed E-state index contributed by atoms with van der Waals surface area (Å²) >= 11 is 0. The second-order valence-electron chi connectivity index (χ2n) is 7.31. The van der Waals surface area contributed by atoms with Gasteiger partial charge in [-0.05, 0) is 50.1 Å². The first-order chi connectivity index (χ1) is 14.0. The number of benzene rings is 2. The van der Waals surface area contributed by atoms with Gasteiger partial charge in [0.25, 0.3) is 5.91 Å². The van der Waals surface area contributed by atoms with Crippen molar-refractivity contribution >= 4 is 22.5 Å². The van der Waals surface area contributed by atoms with Gasteiger partial charge >= 0.3 is 0 Å². The van der Waals surface area contributed by atoms with Crippen LogP contribution in [0.25, 0.3) is 10.9 Å². The van der Waals surface area contributed by atoms with E-state index in [2.05, 4.69) is 9.97 Å². The third-order valence-electron chi connectivity index (χ3n) is 5.24. The maximum Gasteiger partial charge on any atom is 0.260 e. The quantitative estimate of drug-likeness (QED) is 0.517. The van der Waals surface area contributed by atoms with E-state index in [0.29, 0.717) is 11.1 Å². The van der Waals surface area contributed by atoms with Crippen LogP contribution in [0.15, 0.2) is 60.8 Å². The normalized spacial score (nSPS) is 11.0. The van der Waals surface area contributed by atoms with E-state index in [1.807, 2.05) is 75.4 Å². The van der Waals surface area contributed by atoms with Crippen LogP contribution < -0.4 is 4.90 Å². The highest BCUT2D eigenvalue weighted by Gasteiger charge is 2.24. The van der Waals surface area contributed by atoms with Crippen LogP contribution in [0.3, 0.4) is 0 Å². The molecule has 2 N–H and O–H groups in total. The minimum Gasteiger partial charge on any atom is -0.493 e. The fraction of sp³-hybridized carbons (Fsp3) is 0.167. The fourth-order valence-electron chi connectivity index (χ4n) is 3.72. The summed E-state index contributed by atoms with van der Waals surface area (Å²) in [5, 5.41) is 11.3. The van der Waals surface area contributed by atoms with Gasteiger partial charge in [-0.1, -0.05) is 36.4 Å². The standard InChI is InChI=1S/C24H23N3O2/c1-15-8-4-7-11-22(15)27(14-20-16(2)12-17(3)26-23(20)28)24(29)19-13-25-21-10-6-5-9-18(19)21/h4-13,25H,14H2,1-3H3,(H,26,28). The van der Waals surface area contributed by atoms with Gasteiger partial charge in [0, 0.05) is 34.0 Å². The zero-order chi connectivity index (χ0) is 20.5. The van der Waals surface area contributed by atoms with Crippen LogP contribution >= 0.6 is 0 Å². The Labute approximate surface area is 169 Å². The van der Waals surface area contributed by atoms with Crippen LogP contribution in [0.2, 0.25) is 0 Å². The highest BCUT2D eigenvalue weighted by atomic mass is 16.3. The number of fused-ring (bicyclic) bond motifs is 1. The summed E-state index contributed by atoms with van der Waals surface area (Å²) in [6.07, 6.45) is 1.75. The minimum atomic E-state index is -0.129. The molecule has 0 saturated carbocycles. The lowest BCUT2D eigenvalue weighted by Gasteiger charge is -2.25. The van der Waals surface area contributed by atoms with Gasteiger partial charge in [-0.15, -0.1) is 0 Å². The molecule has 0 aliphatic rings. The van der Waals surface area contributed by atoms with Crippen molar-refractivity contribution in [2.45, 2.75) is 27.3 Å². The molecule has 0 bridgehead atoms. The number of hydrogen-bond acceptors (Lipinski definition) is 3. The fourth-order valence-corrected chi connectivity index (χ4v) is 3.72. The first-order valence-corrected chi connectivity index (χ1v) is 9.55. The summed E-state index contributed by atoms with van der Waals surface area (Å²) in [7, 11) is 0. The molecule has 29 heavy (non-hydrogen) atoms. The number of nitrogens with one attached hydrogen (secondary N) is 1. The lowest BCUT2D eigenvalue weighted by molar-refractivity contribution is 0.0986. The van der Waals surface area contributed by atoms with Gasteiger partial charge in [0.15, 0.2) is 0 Å². The Morgan fingerprint density at radius 2 is 1.76 bits per heavy atom. The van der Waals surface area contributed by atoms with E-state index in [9.17, 15) is 9.90 Å². The Kier molecular flexibility index (Phi) is 4.80. The van der Waals surface area contributed by atoms with E-state index in [1.165, 1.54) is 0 Å². The number of carbonyl (C=O) groups excluding carboxylic acids is 1. The Morgan fingerprint density at radius 1 is 1.03 bits per heavy atom. The number of hydrogen-bond donors (Lipinski definition) is 2. The van der Waals surface area contributed by atoms with Gasteiger partial charge in [-0.25, -0.2) is 4.98 Å². The number of carbonyl (C=O) groups is 1. The zero-order valence-electron chi connectivity index (χ0n) is 16.7. The van der Waals surface area contributed by atoms with Crippen molar-refractivity contribution in [1.29, 1.82) is 0 Å². The van der Waals surface area contributed by atoms with E-state index in [4.69, 9.17) is 0 Å². The number of H-pyrrole nitrogens is 1. The molecular weight excluding hydrogens is 362 g/mol. The van der Waals surface area contributed by atoms with Crippen molar-refractivity contribution in [2.75, 3.05) is 4.90 Å². The Bertz CT molecular complexity index is 1190. The van der Waals surface area contributed by atoms with Gasteiger partial charge < -0.3 is 15.0 Å². The van der Waals surface area contributed by atoms with Gasteiger partial charge in [-0.2, -0.15) is 0 Å². The number of rotatable bonds is 4. The number of aryl methyl sites for hydroxylation is 3. The third kappa shape index (κ3) is 3.47. The van der Waals surface area contributed by atoms with E-state index in [1.54, 1.807) is 11.1 Å². The molecule has 0 radical (unpaired) electrons. The van der Waals surface area contributed by atoms with Crippen molar-refractivity contribution in [1.82, 2.24) is 9.97 Å². The summed E-state index contributed by atoms with van der Waals surface area (Å²) in [6.45, 7) is 5.97. The molecule has 2 heterocycles. The predicted octanol–water partition coefficient (Wildman–Crippen LogP) is 5.04. The van der Waals surface area contributed by atoms with Gasteiger partial charge in [-0.3, -0.25) is 4.79 Å². The second kappa shape index (κ2) is 7.43. The summed E-state index contributed by atoms with van der Waals surface area (Å²) < 4.78 is 0. The summed E-state index contributed by atoms with van der Waals surface area (Å²) in [6, 6.07) is 17.4. The lowest BCUT2D eigenvalue weighted by Crippen LogP contribution is -2.31. The first-order valence-electron chi connectivity index (χ1n) is 9.55. The second-order valence-corrected chi connectivity index (χ2v) is 7.31. The number of anilines is 1. The Morgan fingerprint density at radius 3 is 2.52 bits per heavy atom. The monoisotopic (exact) mass is 385 g/mol. The van der Waals surface area contributed by atoms with E-state index in [-0.39, 0.29) is 18.3 Å². The molecule has 2 aromatic carbocycles. The smallest absolute Gasteiger partial charge is 0.260 e. The van der Waals surface area contributed by atoms with E-state index in [0.717, 1.165) is 33.4 Å². The van der Waals surface area contributed by atoms with E-state index < -0.39 is 0 Å². The average molecular weight is 385 g/mol. The van der Waals surface area contributed by atoms with Crippen LogP contribution in [0.1, 0.15) is 32.7 Å². The number of amides is 1. The highest BCUT2D eigenvalue weighted by molar-refractivity contribution is 6.14. The molecule has 4 aromatic rings. The summed E-state index contributed by atoms with van der Waals surface area (Å²) in [5.74, 6) is -0.163. The molecule has 0 unspecified atom stereocenters. The average Bonchev–Trinajstić information content (AvgIpc) is 3.12. The molecule has 2 aromatic heterocycles. The molecule has 0 aliphatic heterocycles. The molecule has 5 nitrogen and oxygen atoms in total. The first kappa shape index (κ1) is 18.7. The van der Waals surface area contributed by atoms with Gasteiger partial charge in [0.1, 0.15) is 0 Å². The van der Waals surface area contributed by atoms with Crippen molar-refractivity contribution < 1.29 is 9.90 Å². The van der Waals surface area contributed by atoms with Crippen molar-refractivity contribution in [3.05, 3.63) is 88.7 Å². The molecule has 0 fully saturated rings. The zero-order valence-corrected chi connectivity index (χ0v) is 16.7. The van der Waals surface area contributed by atoms with Crippen LogP contribution in [0.5, 0.6) is 5.88 Å². The molecule has 0 spiro atoms. The number of nitrogens with zero attached hydrogens (tertiary/aromatic N) is 2. The van der Waals surface area contributed by atoms with Crippen LogP contribution in [0, 0.1) is 20.8 Å². The molecule has 0 aliphatic carbocycles. The van der Waals surface area contributed by atoms with E-state index >= 15 is 0 Å². The molecule has 4 rings (SSSR count). The van der Waals surface area contributed by atoms with Crippen molar-refractivity contribution in [3.63, 3.8) is 0 Å².